The minimum Gasteiger partial charge on any atom is -0.355 e. The van der Waals surface area contributed by atoms with Crippen LogP contribution in [-0.4, -0.2) is 42.8 Å². The third kappa shape index (κ3) is 5.89. The van der Waals surface area contributed by atoms with E-state index in [1.807, 2.05) is 0 Å². The number of amides is 2. The van der Waals surface area contributed by atoms with Crippen molar-refractivity contribution in [2.45, 2.75) is 32.2 Å². The molecule has 2 N–H and O–H groups in total. The van der Waals surface area contributed by atoms with Crippen molar-refractivity contribution in [1.29, 1.82) is 0 Å². The molecule has 0 spiro atoms. The van der Waals surface area contributed by atoms with E-state index in [2.05, 4.69) is 15.6 Å². The summed E-state index contributed by atoms with van der Waals surface area (Å²) in [5.74, 6) is -1.67. The predicted molar refractivity (Wildman–Crippen MR) is 105 cm³/mol. The zero-order chi connectivity index (χ0) is 18.4. The van der Waals surface area contributed by atoms with Crippen LogP contribution in [0.2, 0.25) is 0 Å². The summed E-state index contributed by atoms with van der Waals surface area (Å²) in [6.07, 6.45) is 1.40. The van der Waals surface area contributed by atoms with Crippen molar-refractivity contribution in [3.8, 4) is 0 Å². The molecule has 0 saturated carbocycles. The van der Waals surface area contributed by atoms with Gasteiger partial charge in [-0.15, -0.1) is 24.0 Å². The maximum Gasteiger partial charge on any atom is 0.229 e. The van der Waals surface area contributed by atoms with Gasteiger partial charge in [-0.1, -0.05) is 6.07 Å². The van der Waals surface area contributed by atoms with Gasteiger partial charge in [0.2, 0.25) is 11.8 Å². The molecule has 6 nitrogen and oxygen atoms in total. The van der Waals surface area contributed by atoms with Crippen LogP contribution in [0.25, 0.3) is 0 Å². The second-order valence-corrected chi connectivity index (χ2v) is 5.83. The molecule has 9 heteroatoms. The lowest BCUT2D eigenvalue weighted by molar-refractivity contribution is -0.147. The van der Waals surface area contributed by atoms with Crippen LogP contribution in [0.4, 0.5) is 8.78 Å². The van der Waals surface area contributed by atoms with Crippen LogP contribution in [0.15, 0.2) is 23.2 Å². The maximum absolute atomic E-state index is 13.3. The number of likely N-dealkylation sites (tertiary alicyclic amines) is 1. The Hall–Kier alpha value is -1.78. The summed E-state index contributed by atoms with van der Waals surface area (Å²) in [7, 11) is 1.57. The highest BCUT2D eigenvalue weighted by Crippen LogP contribution is 2.16. The number of rotatable bonds is 5. The van der Waals surface area contributed by atoms with Crippen LogP contribution in [0.5, 0.6) is 0 Å². The summed E-state index contributed by atoms with van der Waals surface area (Å²) in [6.45, 7) is 2.40. The van der Waals surface area contributed by atoms with E-state index in [1.54, 1.807) is 14.0 Å². The summed E-state index contributed by atoms with van der Waals surface area (Å²) in [4.78, 5) is 28.8. The van der Waals surface area contributed by atoms with Gasteiger partial charge in [-0.25, -0.2) is 8.78 Å². The summed E-state index contributed by atoms with van der Waals surface area (Å²) >= 11 is 0. The van der Waals surface area contributed by atoms with Gasteiger partial charge in [0.25, 0.3) is 0 Å². The molecule has 1 aromatic carbocycles. The summed E-state index contributed by atoms with van der Waals surface area (Å²) in [5, 5.41) is 6.06. The minimum atomic E-state index is -0.906. The van der Waals surface area contributed by atoms with Gasteiger partial charge in [0.05, 0.1) is 6.04 Å². The molecule has 0 aromatic heterocycles. The standard InChI is InChI=1S/C17H22F2N4O2.HI/c1-11(12-6-7-13(18)14(19)10-12)22-17(20-2)21-8-9-23-15(24)4-3-5-16(23)25;/h6-7,10-11H,3-5,8-9H2,1-2H3,(H2,20,21,22);1H. The molecule has 1 unspecified atom stereocenters. The highest BCUT2D eigenvalue weighted by Gasteiger charge is 2.25. The second-order valence-electron chi connectivity index (χ2n) is 5.83. The van der Waals surface area contributed by atoms with E-state index >= 15 is 0 Å². The molecule has 1 aliphatic rings. The third-order valence-corrected chi connectivity index (χ3v) is 4.03. The molecule has 1 fully saturated rings. The van der Waals surface area contributed by atoms with Crippen LogP contribution in [-0.2, 0) is 9.59 Å². The molecular formula is C17H23F2IN4O2. The fourth-order valence-corrected chi connectivity index (χ4v) is 2.60. The number of hydrogen-bond donors (Lipinski definition) is 2. The normalized spacial score (nSPS) is 16.2. The predicted octanol–water partition coefficient (Wildman–Crippen LogP) is 2.35. The van der Waals surface area contributed by atoms with Gasteiger partial charge in [-0.2, -0.15) is 0 Å². The number of aliphatic imine (C=N–C) groups is 1. The molecule has 1 atom stereocenters. The molecule has 1 heterocycles. The van der Waals surface area contributed by atoms with Crippen LogP contribution < -0.4 is 10.6 Å². The van der Waals surface area contributed by atoms with E-state index < -0.39 is 11.6 Å². The highest BCUT2D eigenvalue weighted by molar-refractivity contribution is 14.0. The largest absolute Gasteiger partial charge is 0.355 e. The minimum absolute atomic E-state index is 0. The van der Waals surface area contributed by atoms with Crippen molar-refractivity contribution in [2.75, 3.05) is 20.1 Å². The van der Waals surface area contributed by atoms with Gasteiger partial charge < -0.3 is 10.6 Å². The Morgan fingerprint density at radius 3 is 2.46 bits per heavy atom. The van der Waals surface area contributed by atoms with Crippen molar-refractivity contribution < 1.29 is 18.4 Å². The SMILES string of the molecule is CN=C(NCCN1C(=O)CCCC1=O)NC(C)c1ccc(F)c(F)c1.I. The van der Waals surface area contributed by atoms with Gasteiger partial charge in [-0.3, -0.25) is 19.5 Å². The summed E-state index contributed by atoms with van der Waals surface area (Å²) in [5.41, 5.74) is 0.572. The van der Waals surface area contributed by atoms with Crippen molar-refractivity contribution in [3.63, 3.8) is 0 Å². The Bertz CT molecular complexity index is 669. The lowest BCUT2D eigenvalue weighted by Gasteiger charge is -2.25. The summed E-state index contributed by atoms with van der Waals surface area (Å²) in [6, 6.07) is 3.39. The second kappa shape index (κ2) is 10.4. The molecule has 2 amide bonds. The molecule has 2 rings (SSSR count). The van der Waals surface area contributed by atoms with E-state index in [-0.39, 0.29) is 48.4 Å². The Morgan fingerprint density at radius 1 is 1.23 bits per heavy atom. The topological polar surface area (TPSA) is 73.8 Å². The number of nitrogens with zero attached hydrogens (tertiary/aromatic N) is 2. The Morgan fingerprint density at radius 2 is 1.88 bits per heavy atom. The van der Waals surface area contributed by atoms with Crippen molar-refractivity contribution >= 4 is 41.8 Å². The molecule has 1 aliphatic heterocycles. The molecule has 0 aliphatic carbocycles. The molecule has 1 saturated heterocycles. The lowest BCUT2D eigenvalue weighted by Crippen LogP contribution is -2.46. The quantitative estimate of drug-likeness (QED) is 0.294. The molecule has 144 valence electrons. The number of piperidine rings is 1. The molecule has 1 aromatic rings. The van der Waals surface area contributed by atoms with Crippen LogP contribution in [0.1, 0.15) is 37.8 Å². The first-order chi connectivity index (χ1) is 11.9. The van der Waals surface area contributed by atoms with Gasteiger partial charge in [-0.05, 0) is 31.0 Å². The number of carbonyl (C=O) groups is 2. The smallest absolute Gasteiger partial charge is 0.229 e. The van der Waals surface area contributed by atoms with E-state index in [0.717, 1.165) is 12.1 Å². The van der Waals surface area contributed by atoms with E-state index in [4.69, 9.17) is 0 Å². The maximum atomic E-state index is 13.3. The number of halogens is 3. The highest BCUT2D eigenvalue weighted by atomic mass is 127. The lowest BCUT2D eigenvalue weighted by atomic mass is 10.1. The molecule has 0 radical (unpaired) electrons. The van der Waals surface area contributed by atoms with Gasteiger partial charge in [0.1, 0.15) is 0 Å². The number of hydrogen-bond acceptors (Lipinski definition) is 3. The zero-order valence-electron chi connectivity index (χ0n) is 14.7. The zero-order valence-corrected chi connectivity index (χ0v) is 17.1. The number of benzene rings is 1. The van der Waals surface area contributed by atoms with Crippen LogP contribution in [0.3, 0.4) is 0 Å². The average molecular weight is 480 g/mol. The number of imide groups is 1. The monoisotopic (exact) mass is 480 g/mol. The number of nitrogens with one attached hydrogen (secondary N) is 2. The Kier molecular flexibility index (Phi) is 8.89. The van der Waals surface area contributed by atoms with Crippen LogP contribution in [0, 0.1) is 11.6 Å². The van der Waals surface area contributed by atoms with Crippen LogP contribution >= 0.6 is 24.0 Å². The summed E-state index contributed by atoms with van der Waals surface area (Å²) < 4.78 is 26.3. The van der Waals surface area contributed by atoms with E-state index in [9.17, 15) is 18.4 Å². The first-order valence-corrected chi connectivity index (χ1v) is 8.17. The Balaban J connectivity index is 0.00000338. The average Bonchev–Trinajstić information content (AvgIpc) is 2.58. The fraction of sp³-hybridized carbons (Fsp3) is 0.471. The van der Waals surface area contributed by atoms with E-state index in [0.29, 0.717) is 37.3 Å². The molecule has 26 heavy (non-hydrogen) atoms. The first-order valence-electron chi connectivity index (χ1n) is 8.17. The molecular weight excluding hydrogens is 457 g/mol. The number of carbonyl (C=O) groups excluding carboxylic acids is 2. The van der Waals surface area contributed by atoms with Gasteiger partial charge >= 0.3 is 0 Å². The van der Waals surface area contributed by atoms with Gasteiger partial charge in [0, 0.05) is 33.0 Å². The first kappa shape index (κ1) is 22.3. The number of guanidine groups is 1. The fourth-order valence-electron chi connectivity index (χ4n) is 2.60. The third-order valence-electron chi connectivity index (χ3n) is 4.03. The van der Waals surface area contributed by atoms with Crippen molar-refractivity contribution in [2.24, 2.45) is 4.99 Å². The van der Waals surface area contributed by atoms with Crippen molar-refractivity contribution in [1.82, 2.24) is 15.5 Å². The molecule has 0 bridgehead atoms. The van der Waals surface area contributed by atoms with Crippen molar-refractivity contribution in [3.05, 3.63) is 35.4 Å². The van der Waals surface area contributed by atoms with Gasteiger partial charge in [0.15, 0.2) is 17.6 Å². The Labute approximate surface area is 168 Å². The van der Waals surface area contributed by atoms with E-state index in [1.165, 1.54) is 11.0 Å².